The van der Waals surface area contributed by atoms with Gasteiger partial charge >= 0.3 is 6.08 Å². The summed E-state index contributed by atoms with van der Waals surface area (Å²) in [5.41, 5.74) is 3.36. The number of thiazole rings is 1. The minimum Gasteiger partial charge on any atom is -0.445 e. The molecule has 3 aliphatic rings. The maximum atomic E-state index is 14.6. The molecule has 2 fully saturated rings. The van der Waals surface area contributed by atoms with Crippen LogP contribution in [0.4, 0.5) is 5.13 Å². The molecule has 3 N–H and O–H groups in total. The van der Waals surface area contributed by atoms with Gasteiger partial charge in [0, 0.05) is 23.1 Å². The van der Waals surface area contributed by atoms with Crippen molar-refractivity contribution in [2.24, 2.45) is 5.92 Å². The van der Waals surface area contributed by atoms with Gasteiger partial charge in [0.05, 0.1) is 12.2 Å². The van der Waals surface area contributed by atoms with E-state index in [4.69, 9.17) is 19.0 Å². The molecule has 1 saturated carbocycles. The predicted molar refractivity (Wildman–Crippen MR) is 193 cm³/mol. The molecule has 13 heteroatoms. The second-order valence-corrected chi connectivity index (χ2v) is 15.5. The average molecular weight is 713 g/mol. The molecule has 4 aromatic rings. The second-order valence-electron chi connectivity index (χ2n) is 14.6. The molecule has 268 valence electrons. The van der Waals surface area contributed by atoms with Crippen LogP contribution in [0.15, 0.2) is 76.5 Å². The summed E-state index contributed by atoms with van der Waals surface area (Å²) in [6.07, 6.45) is 8.26. The number of rotatable bonds is 7. The Morgan fingerprint density at radius 3 is 2.65 bits per heavy atom. The Morgan fingerprint density at radius 2 is 1.86 bits per heavy atom. The van der Waals surface area contributed by atoms with E-state index in [1.165, 1.54) is 11.3 Å². The molecule has 1 saturated heterocycles. The molecule has 0 spiro atoms. The standard InChI is InChI=1S/C38H44N6O6S/c1-37(2,3)31-23-51-35(41-31)39-28-18-11-6-4-5-8-14-24-21-38(24,34(47)43-50-25-15-9-7-10-16-25)42-32(45)29-20-26(22-44(29)33(28)46)48-36-40-27-17-12-13-19-30(27)49-36/h7-10,12-17,19,23-24,26,28-29H,4-6,11,18,20-22H2,1-3H3,(H,39,41)(H,42,45)(H,43,47)/b14-8-/t24-,26+,28-,29-,38+/m0/s1. The van der Waals surface area contributed by atoms with Gasteiger partial charge in [-0.15, -0.1) is 11.3 Å². The maximum absolute atomic E-state index is 14.6. The Balaban J connectivity index is 1.16. The lowest BCUT2D eigenvalue weighted by Crippen LogP contribution is -2.57. The van der Waals surface area contributed by atoms with E-state index in [1.54, 1.807) is 35.2 Å². The van der Waals surface area contributed by atoms with Crippen LogP contribution in [0.2, 0.25) is 0 Å². The fourth-order valence-corrected chi connectivity index (χ4v) is 7.72. The molecule has 51 heavy (non-hydrogen) atoms. The topological polar surface area (TPSA) is 148 Å². The van der Waals surface area contributed by atoms with Crippen LogP contribution in [-0.4, -0.2) is 62.9 Å². The molecule has 2 aromatic heterocycles. The number of amides is 3. The van der Waals surface area contributed by atoms with Gasteiger partial charge in [0.15, 0.2) is 16.5 Å². The Labute approximate surface area is 300 Å². The number of nitrogens with zero attached hydrogens (tertiary/aromatic N) is 3. The van der Waals surface area contributed by atoms with Gasteiger partial charge in [0.2, 0.25) is 11.8 Å². The van der Waals surface area contributed by atoms with Crippen molar-refractivity contribution in [3.8, 4) is 11.8 Å². The smallest absolute Gasteiger partial charge is 0.394 e. The number of hydrogen-bond donors (Lipinski definition) is 3. The molecule has 4 heterocycles. The molecule has 0 radical (unpaired) electrons. The fraction of sp³-hybridized carbons (Fsp3) is 0.447. The number of para-hydroxylation sites is 3. The van der Waals surface area contributed by atoms with E-state index in [2.05, 4.69) is 47.9 Å². The quantitative estimate of drug-likeness (QED) is 0.157. The van der Waals surface area contributed by atoms with Gasteiger partial charge in [0.25, 0.3) is 5.91 Å². The summed E-state index contributed by atoms with van der Waals surface area (Å²) in [5.74, 6) is -0.863. The average Bonchev–Trinajstić information content (AvgIpc) is 3.49. The molecule has 7 rings (SSSR count). The molecule has 3 amide bonds. The Hall–Kier alpha value is -4.91. The number of anilines is 1. The number of aromatic nitrogens is 2. The highest BCUT2D eigenvalue weighted by Gasteiger charge is 2.61. The zero-order valence-electron chi connectivity index (χ0n) is 29.1. The van der Waals surface area contributed by atoms with Gasteiger partial charge in [-0.05, 0) is 49.9 Å². The number of hydroxylamine groups is 1. The van der Waals surface area contributed by atoms with Crippen LogP contribution in [0.25, 0.3) is 11.1 Å². The Kier molecular flexibility index (Phi) is 9.73. The highest BCUT2D eigenvalue weighted by molar-refractivity contribution is 7.13. The first kappa shape index (κ1) is 34.5. The molecule has 2 aromatic carbocycles. The molecule has 0 bridgehead atoms. The summed E-state index contributed by atoms with van der Waals surface area (Å²) in [6, 6.07) is 14.7. The number of oxazole rings is 1. The van der Waals surface area contributed by atoms with E-state index in [1.807, 2.05) is 35.7 Å². The van der Waals surface area contributed by atoms with Gasteiger partial charge in [-0.1, -0.05) is 76.1 Å². The van der Waals surface area contributed by atoms with Crippen LogP contribution in [0, 0.1) is 5.92 Å². The van der Waals surface area contributed by atoms with Gasteiger partial charge in [-0.2, -0.15) is 10.5 Å². The first-order valence-electron chi connectivity index (χ1n) is 17.7. The lowest BCUT2D eigenvalue weighted by Gasteiger charge is -2.29. The minimum atomic E-state index is -1.22. The number of fused-ring (bicyclic) bond motifs is 3. The Bertz CT molecular complexity index is 1870. The second kappa shape index (κ2) is 14.4. The van der Waals surface area contributed by atoms with Crippen molar-refractivity contribution in [2.75, 3.05) is 11.9 Å². The number of carbonyl (C=O) groups excluding carboxylic acids is 3. The summed E-state index contributed by atoms with van der Waals surface area (Å²) in [6.45, 7) is 6.44. The van der Waals surface area contributed by atoms with Gasteiger partial charge in [0.1, 0.15) is 29.2 Å². The number of nitrogens with one attached hydrogen (secondary N) is 3. The molecule has 2 aliphatic heterocycles. The first-order valence-corrected chi connectivity index (χ1v) is 18.5. The summed E-state index contributed by atoms with van der Waals surface area (Å²) in [5, 5.41) is 9.15. The van der Waals surface area contributed by atoms with E-state index in [0.717, 1.165) is 31.4 Å². The molecule has 12 nitrogen and oxygen atoms in total. The third kappa shape index (κ3) is 7.73. The van der Waals surface area contributed by atoms with Crippen LogP contribution in [-0.2, 0) is 19.8 Å². The SMILES string of the molecule is CC(C)(C)c1csc(N[C@H]2CCCCC/C=C\[C@H]3C[C@@]3(C(=O)NOc3ccccc3)NC(=O)[C@@H]3C[C@@H](Oc4nc5ccccc5o4)CN3C2=O)n1. The summed E-state index contributed by atoms with van der Waals surface area (Å²) >= 11 is 1.47. The van der Waals surface area contributed by atoms with Crippen molar-refractivity contribution in [3.63, 3.8) is 0 Å². The van der Waals surface area contributed by atoms with Gasteiger partial charge in [-0.25, -0.2) is 4.98 Å². The van der Waals surface area contributed by atoms with E-state index in [-0.39, 0.29) is 36.3 Å². The monoisotopic (exact) mass is 712 g/mol. The van der Waals surface area contributed by atoms with Gasteiger partial charge in [-0.3, -0.25) is 14.4 Å². The molecule has 0 unspecified atom stereocenters. The van der Waals surface area contributed by atoms with Crippen LogP contribution < -0.4 is 25.7 Å². The number of benzene rings is 2. The highest BCUT2D eigenvalue weighted by atomic mass is 32.1. The molecule has 1 aliphatic carbocycles. The maximum Gasteiger partial charge on any atom is 0.394 e. The van der Waals surface area contributed by atoms with Crippen molar-refractivity contribution in [1.82, 2.24) is 25.7 Å². The van der Waals surface area contributed by atoms with Crippen LogP contribution >= 0.6 is 11.3 Å². The number of hydrogen-bond acceptors (Lipinski definition) is 10. The minimum absolute atomic E-state index is 0.0743. The Morgan fingerprint density at radius 1 is 1.06 bits per heavy atom. The molecular formula is C38H44N6O6S. The normalized spacial score (nSPS) is 26.2. The fourth-order valence-electron chi connectivity index (χ4n) is 6.73. The van der Waals surface area contributed by atoms with E-state index < -0.39 is 35.5 Å². The number of ether oxygens (including phenoxy) is 1. The molecular weight excluding hydrogens is 669 g/mol. The summed E-state index contributed by atoms with van der Waals surface area (Å²) in [4.78, 5) is 59.1. The first-order chi connectivity index (χ1) is 24.6. The lowest BCUT2D eigenvalue weighted by atomic mass is 9.93. The summed E-state index contributed by atoms with van der Waals surface area (Å²) in [7, 11) is 0. The van der Waals surface area contributed by atoms with Crippen molar-refractivity contribution in [2.45, 2.75) is 94.9 Å². The zero-order chi connectivity index (χ0) is 35.6. The van der Waals surface area contributed by atoms with Crippen LogP contribution in [0.5, 0.6) is 11.8 Å². The summed E-state index contributed by atoms with van der Waals surface area (Å²) < 4.78 is 12.0. The van der Waals surface area contributed by atoms with Gasteiger partial charge < -0.3 is 29.5 Å². The van der Waals surface area contributed by atoms with E-state index >= 15 is 0 Å². The van der Waals surface area contributed by atoms with Crippen molar-refractivity contribution in [1.29, 1.82) is 0 Å². The lowest BCUT2D eigenvalue weighted by molar-refractivity contribution is -0.141. The van der Waals surface area contributed by atoms with Crippen molar-refractivity contribution in [3.05, 3.63) is 77.8 Å². The number of carbonyl (C=O) groups is 3. The van der Waals surface area contributed by atoms with Crippen LogP contribution in [0.1, 0.15) is 71.4 Å². The van der Waals surface area contributed by atoms with Crippen LogP contribution in [0.3, 0.4) is 0 Å². The number of allylic oxidation sites excluding steroid dienone is 1. The van der Waals surface area contributed by atoms with E-state index in [0.29, 0.717) is 34.8 Å². The van der Waals surface area contributed by atoms with Crippen molar-refractivity contribution >= 4 is 45.3 Å². The largest absolute Gasteiger partial charge is 0.445 e. The third-order valence-corrected chi connectivity index (χ3v) is 10.5. The predicted octanol–water partition coefficient (Wildman–Crippen LogP) is 5.92. The van der Waals surface area contributed by atoms with E-state index in [9.17, 15) is 14.4 Å². The zero-order valence-corrected chi connectivity index (χ0v) is 29.9. The third-order valence-electron chi connectivity index (χ3n) is 9.76. The van der Waals surface area contributed by atoms with Crippen molar-refractivity contribution < 1.29 is 28.4 Å². The molecule has 5 atom stereocenters. The highest BCUT2D eigenvalue weighted by Crippen LogP contribution is 2.45.